The van der Waals surface area contributed by atoms with E-state index in [-0.39, 0.29) is 11.1 Å². The van der Waals surface area contributed by atoms with Crippen molar-refractivity contribution in [3.63, 3.8) is 0 Å². The zero-order valence-electron chi connectivity index (χ0n) is 17.3. The number of amides is 2. The standard InChI is InChI=1S/C25H20ClNO4S/c1-2-30-22-6-4-3-5-21(22)27-24(28)23(32-25(27)29)15-17-9-13-20(14-10-17)31-16-18-7-11-19(26)12-8-18/h3-15H,2,16H2,1H3/b23-15-. The molecule has 5 nitrogen and oxygen atoms in total. The lowest BCUT2D eigenvalue weighted by Gasteiger charge is -2.16. The Morgan fingerprint density at radius 3 is 2.38 bits per heavy atom. The van der Waals surface area contributed by atoms with Crippen molar-refractivity contribution in [2.45, 2.75) is 13.5 Å². The van der Waals surface area contributed by atoms with Crippen LogP contribution in [0.4, 0.5) is 10.5 Å². The summed E-state index contributed by atoms with van der Waals surface area (Å²) in [5.74, 6) is 0.840. The third-order valence-electron chi connectivity index (χ3n) is 4.70. The van der Waals surface area contributed by atoms with Gasteiger partial charge in [-0.1, -0.05) is 48.0 Å². The van der Waals surface area contributed by atoms with E-state index in [0.717, 1.165) is 27.8 Å². The number of carbonyl (C=O) groups is 2. The van der Waals surface area contributed by atoms with Crippen molar-refractivity contribution >= 4 is 46.3 Å². The fourth-order valence-electron chi connectivity index (χ4n) is 3.15. The molecule has 0 saturated carbocycles. The summed E-state index contributed by atoms with van der Waals surface area (Å²) < 4.78 is 11.4. The van der Waals surface area contributed by atoms with Gasteiger partial charge in [0.1, 0.15) is 18.1 Å². The number of rotatable bonds is 7. The summed E-state index contributed by atoms with van der Waals surface area (Å²) in [5, 5.41) is 0.334. The molecule has 0 unspecified atom stereocenters. The van der Waals surface area contributed by atoms with Crippen LogP contribution in [-0.4, -0.2) is 17.8 Å². The molecule has 32 heavy (non-hydrogen) atoms. The molecule has 4 rings (SSSR count). The fourth-order valence-corrected chi connectivity index (χ4v) is 4.11. The van der Waals surface area contributed by atoms with E-state index in [4.69, 9.17) is 21.1 Å². The van der Waals surface area contributed by atoms with Crippen LogP contribution in [0.25, 0.3) is 6.08 Å². The van der Waals surface area contributed by atoms with Gasteiger partial charge in [-0.3, -0.25) is 9.59 Å². The molecule has 1 aliphatic heterocycles. The average Bonchev–Trinajstić information content (AvgIpc) is 3.07. The van der Waals surface area contributed by atoms with Gasteiger partial charge in [-0.2, -0.15) is 0 Å². The molecular weight excluding hydrogens is 446 g/mol. The molecule has 0 N–H and O–H groups in total. The van der Waals surface area contributed by atoms with Gasteiger partial charge in [-0.05, 0) is 72.3 Å². The molecule has 3 aromatic rings. The van der Waals surface area contributed by atoms with Crippen LogP contribution in [0, 0.1) is 0 Å². The van der Waals surface area contributed by atoms with Crippen LogP contribution in [0.15, 0.2) is 77.7 Å². The number of carbonyl (C=O) groups excluding carboxylic acids is 2. The lowest BCUT2D eigenvalue weighted by atomic mass is 10.2. The maximum atomic E-state index is 13.0. The second kappa shape index (κ2) is 9.94. The van der Waals surface area contributed by atoms with E-state index >= 15 is 0 Å². The van der Waals surface area contributed by atoms with Crippen molar-refractivity contribution in [2.75, 3.05) is 11.5 Å². The smallest absolute Gasteiger partial charge is 0.298 e. The van der Waals surface area contributed by atoms with Crippen LogP contribution in [0.2, 0.25) is 5.02 Å². The number of nitrogens with zero attached hydrogens (tertiary/aromatic N) is 1. The predicted octanol–water partition coefficient (Wildman–Crippen LogP) is 6.56. The van der Waals surface area contributed by atoms with Gasteiger partial charge in [0.25, 0.3) is 11.1 Å². The number of benzene rings is 3. The lowest BCUT2D eigenvalue weighted by molar-refractivity contribution is -0.113. The minimum atomic E-state index is -0.366. The van der Waals surface area contributed by atoms with Crippen molar-refractivity contribution in [3.8, 4) is 11.5 Å². The van der Waals surface area contributed by atoms with Gasteiger partial charge in [0.2, 0.25) is 0 Å². The summed E-state index contributed by atoms with van der Waals surface area (Å²) in [6.07, 6.45) is 1.71. The van der Waals surface area contributed by atoms with E-state index in [1.807, 2.05) is 55.5 Å². The Bertz CT molecular complexity index is 1160. The van der Waals surface area contributed by atoms with Crippen molar-refractivity contribution in [3.05, 3.63) is 93.9 Å². The summed E-state index contributed by atoms with van der Waals surface area (Å²) in [7, 11) is 0. The first-order valence-corrected chi connectivity index (χ1v) is 11.2. The molecule has 162 valence electrons. The molecule has 1 aliphatic rings. The third kappa shape index (κ3) is 4.98. The first-order valence-electron chi connectivity index (χ1n) is 10.0. The van der Waals surface area contributed by atoms with Crippen molar-refractivity contribution < 1.29 is 19.1 Å². The Kier molecular flexibility index (Phi) is 6.83. The molecule has 0 atom stereocenters. The van der Waals surface area contributed by atoms with Gasteiger partial charge >= 0.3 is 0 Å². The van der Waals surface area contributed by atoms with Crippen LogP contribution in [0.5, 0.6) is 11.5 Å². The molecule has 1 fully saturated rings. The van der Waals surface area contributed by atoms with Crippen LogP contribution in [0.1, 0.15) is 18.1 Å². The highest BCUT2D eigenvalue weighted by Crippen LogP contribution is 2.39. The van der Waals surface area contributed by atoms with E-state index in [1.165, 1.54) is 0 Å². The summed E-state index contributed by atoms with van der Waals surface area (Å²) in [5.41, 5.74) is 2.26. The SMILES string of the molecule is CCOc1ccccc1N1C(=O)S/C(=C\c2ccc(OCc3ccc(Cl)cc3)cc2)C1=O. The minimum Gasteiger partial charge on any atom is -0.492 e. The predicted molar refractivity (Wildman–Crippen MR) is 128 cm³/mol. The van der Waals surface area contributed by atoms with Gasteiger partial charge in [0, 0.05) is 5.02 Å². The molecule has 7 heteroatoms. The van der Waals surface area contributed by atoms with E-state index in [0.29, 0.717) is 40.3 Å². The fraction of sp³-hybridized carbons (Fsp3) is 0.120. The first-order chi connectivity index (χ1) is 15.5. The van der Waals surface area contributed by atoms with Crippen LogP contribution < -0.4 is 14.4 Å². The first kappa shape index (κ1) is 22.0. The van der Waals surface area contributed by atoms with Gasteiger partial charge < -0.3 is 9.47 Å². The quantitative estimate of drug-likeness (QED) is 0.370. The second-order valence-corrected chi connectivity index (χ2v) is 8.33. The monoisotopic (exact) mass is 465 g/mol. The highest BCUT2D eigenvalue weighted by molar-refractivity contribution is 8.19. The van der Waals surface area contributed by atoms with Crippen molar-refractivity contribution in [2.24, 2.45) is 0 Å². The largest absolute Gasteiger partial charge is 0.492 e. The Morgan fingerprint density at radius 1 is 0.938 bits per heavy atom. The maximum absolute atomic E-state index is 13.0. The number of imide groups is 1. The molecule has 0 aliphatic carbocycles. The Labute approximate surface area is 195 Å². The third-order valence-corrected chi connectivity index (χ3v) is 5.82. The van der Waals surface area contributed by atoms with Crippen LogP contribution in [-0.2, 0) is 11.4 Å². The van der Waals surface area contributed by atoms with Crippen molar-refractivity contribution in [1.29, 1.82) is 0 Å². The maximum Gasteiger partial charge on any atom is 0.298 e. The Hall–Kier alpha value is -3.22. The number of hydrogen-bond donors (Lipinski definition) is 0. The number of halogens is 1. The number of para-hydroxylation sites is 2. The van der Waals surface area contributed by atoms with Gasteiger partial charge in [-0.15, -0.1) is 0 Å². The summed E-state index contributed by atoms with van der Waals surface area (Å²) >= 11 is 6.81. The van der Waals surface area contributed by atoms with E-state index < -0.39 is 0 Å². The normalized spacial score (nSPS) is 14.8. The summed E-state index contributed by atoms with van der Waals surface area (Å²) in [6, 6.07) is 21.9. The van der Waals surface area contributed by atoms with Gasteiger partial charge in [0.05, 0.1) is 17.2 Å². The van der Waals surface area contributed by atoms with Crippen LogP contribution in [0.3, 0.4) is 0 Å². The van der Waals surface area contributed by atoms with Crippen LogP contribution >= 0.6 is 23.4 Å². The summed E-state index contributed by atoms with van der Waals surface area (Å²) in [6.45, 7) is 2.72. The molecule has 0 bridgehead atoms. The Balaban J connectivity index is 1.46. The molecule has 0 radical (unpaired) electrons. The molecular formula is C25H20ClNO4S. The molecule has 2 amide bonds. The van der Waals surface area contributed by atoms with E-state index in [9.17, 15) is 9.59 Å². The molecule has 0 spiro atoms. The lowest BCUT2D eigenvalue weighted by Crippen LogP contribution is -2.28. The second-order valence-electron chi connectivity index (χ2n) is 6.90. The average molecular weight is 466 g/mol. The van der Waals surface area contributed by atoms with E-state index in [1.54, 1.807) is 30.3 Å². The topological polar surface area (TPSA) is 55.8 Å². The van der Waals surface area contributed by atoms with E-state index in [2.05, 4.69) is 0 Å². The molecule has 3 aromatic carbocycles. The number of thioether (sulfide) groups is 1. The minimum absolute atomic E-state index is 0.351. The highest BCUT2D eigenvalue weighted by Gasteiger charge is 2.37. The zero-order chi connectivity index (χ0) is 22.5. The number of hydrogen-bond acceptors (Lipinski definition) is 5. The number of ether oxygens (including phenoxy) is 2. The Morgan fingerprint density at radius 2 is 1.66 bits per heavy atom. The molecule has 1 saturated heterocycles. The zero-order valence-corrected chi connectivity index (χ0v) is 18.9. The van der Waals surface area contributed by atoms with Gasteiger partial charge in [-0.25, -0.2) is 4.90 Å². The number of anilines is 1. The highest BCUT2D eigenvalue weighted by atomic mass is 35.5. The van der Waals surface area contributed by atoms with Gasteiger partial charge in [0.15, 0.2) is 0 Å². The molecule has 0 aromatic heterocycles. The molecule has 1 heterocycles. The van der Waals surface area contributed by atoms with Crippen molar-refractivity contribution in [1.82, 2.24) is 0 Å². The summed E-state index contributed by atoms with van der Waals surface area (Å²) in [4.78, 5) is 27.0.